The minimum absolute atomic E-state index is 0.157. The summed E-state index contributed by atoms with van der Waals surface area (Å²) in [6.45, 7) is 8.91. The van der Waals surface area contributed by atoms with Crippen molar-refractivity contribution < 1.29 is 4.74 Å². The Labute approximate surface area is 88.4 Å². The highest BCUT2D eigenvalue weighted by atomic mass is 16.5. The molecule has 0 saturated heterocycles. The lowest BCUT2D eigenvalue weighted by atomic mass is 9.97. The number of ether oxygens (including phenoxy) is 1. The SMILES string of the molecule is CC#COCNC(C)(C)CCCCC. The number of hydrogen-bond donors (Lipinski definition) is 1. The van der Waals surface area contributed by atoms with Gasteiger partial charge in [0.05, 0.1) is 0 Å². The second-order valence-electron chi connectivity index (χ2n) is 4.16. The molecule has 0 aliphatic rings. The van der Waals surface area contributed by atoms with Crippen LogP contribution in [0.3, 0.4) is 0 Å². The molecule has 0 aliphatic carbocycles. The zero-order valence-corrected chi connectivity index (χ0v) is 9.94. The molecule has 0 heterocycles. The molecule has 0 spiro atoms. The van der Waals surface area contributed by atoms with Crippen LogP contribution in [-0.2, 0) is 4.74 Å². The van der Waals surface area contributed by atoms with Gasteiger partial charge >= 0.3 is 0 Å². The van der Waals surface area contributed by atoms with Crippen LogP contribution in [-0.4, -0.2) is 12.3 Å². The molecule has 0 atom stereocenters. The van der Waals surface area contributed by atoms with Crippen molar-refractivity contribution in [2.75, 3.05) is 6.73 Å². The Morgan fingerprint density at radius 3 is 2.57 bits per heavy atom. The molecule has 0 radical (unpaired) electrons. The highest BCUT2D eigenvalue weighted by Crippen LogP contribution is 2.13. The summed E-state index contributed by atoms with van der Waals surface area (Å²) in [5, 5.41) is 3.33. The fourth-order valence-electron chi connectivity index (χ4n) is 1.25. The molecule has 0 unspecified atom stereocenters. The first-order valence-corrected chi connectivity index (χ1v) is 5.41. The maximum Gasteiger partial charge on any atom is 0.151 e. The van der Waals surface area contributed by atoms with Crippen molar-refractivity contribution in [1.82, 2.24) is 5.32 Å². The van der Waals surface area contributed by atoms with Crippen LogP contribution in [0, 0.1) is 12.0 Å². The molecule has 0 amide bonds. The van der Waals surface area contributed by atoms with E-state index < -0.39 is 0 Å². The van der Waals surface area contributed by atoms with Crippen molar-refractivity contribution in [3.05, 3.63) is 0 Å². The fraction of sp³-hybridized carbons (Fsp3) is 0.833. The van der Waals surface area contributed by atoms with Crippen LogP contribution in [0.1, 0.15) is 53.4 Å². The number of hydrogen-bond acceptors (Lipinski definition) is 2. The van der Waals surface area contributed by atoms with Crippen molar-refractivity contribution >= 4 is 0 Å². The Kier molecular flexibility index (Phi) is 7.32. The van der Waals surface area contributed by atoms with E-state index in [9.17, 15) is 0 Å². The first-order chi connectivity index (χ1) is 6.62. The normalized spacial score (nSPS) is 10.6. The standard InChI is InChI=1S/C12H23NO/c1-5-7-8-9-12(3,4)13-11-14-10-6-2/h13H,5,7-9,11H2,1-4H3. The molecule has 0 rings (SSSR count). The van der Waals surface area contributed by atoms with Gasteiger partial charge < -0.3 is 4.74 Å². The fourth-order valence-corrected chi connectivity index (χ4v) is 1.25. The van der Waals surface area contributed by atoms with E-state index in [1.807, 2.05) is 0 Å². The van der Waals surface area contributed by atoms with Gasteiger partial charge in [0, 0.05) is 12.5 Å². The van der Waals surface area contributed by atoms with E-state index in [0.717, 1.165) is 0 Å². The molecule has 0 fully saturated rings. The van der Waals surface area contributed by atoms with Gasteiger partial charge in [-0.25, -0.2) is 0 Å². The third kappa shape index (κ3) is 7.94. The topological polar surface area (TPSA) is 21.3 Å². The average Bonchev–Trinajstić information content (AvgIpc) is 2.13. The number of rotatable bonds is 7. The zero-order valence-electron chi connectivity index (χ0n) is 9.94. The Bertz CT molecular complexity index is 188. The second-order valence-corrected chi connectivity index (χ2v) is 4.16. The summed E-state index contributed by atoms with van der Waals surface area (Å²) < 4.78 is 5.05. The quantitative estimate of drug-likeness (QED) is 0.385. The maximum atomic E-state index is 5.05. The van der Waals surface area contributed by atoms with Crippen molar-refractivity contribution in [1.29, 1.82) is 0 Å². The van der Waals surface area contributed by atoms with Crippen molar-refractivity contribution in [3.8, 4) is 12.0 Å². The van der Waals surface area contributed by atoms with Crippen LogP contribution in [0.5, 0.6) is 0 Å². The van der Waals surface area contributed by atoms with Gasteiger partial charge in [-0.15, -0.1) is 0 Å². The highest BCUT2D eigenvalue weighted by Gasteiger charge is 2.15. The van der Waals surface area contributed by atoms with Crippen molar-refractivity contribution in [2.24, 2.45) is 0 Å². The summed E-state index contributed by atoms with van der Waals surface area (Å²) in [7, 11) is 0. The van der Waals surface area contributed by atoms with Gasteiger partial charge in [-0.2, -0.15) is 0 Å². The third-order valence-electron chi connectivity index (χ3n) is 2.20. The summed E-state index contributed by atoms with van der Waals surface area (Å²) in [5.41, 5.74) is 0.157. The van der Waals surface area contributed by atoms with Crippen LogP contribution in [0.25, 0.3) is 0 Å². The molecule has 0 aromatic carbocycles. The van der Waals surface area contributed by atoms with E-state index in [0.29, 0.717) is 6.73 Å². The van der Waals surface area contributed by atoms with Gasteiger partial charge in [-0.3, -0.25) is 5.32 Å². The van der Waals surface area contributed by atoms with Crippen LogP contribution in [0.15, 0.2) is 0 Å². The summed E-state index contributed by atoms with van der Waals surface area (Å²) in [6.07, 6.45) is 7.61. The first kappa shape index (κ1) is 13.3. The summed E-state index contributed by atoms with van der Waals surface area (Å²) in [5.74, 6) is 2.69. The summed E-state index contributed by atoms with van der Waals surface area (Å²) >= 11 is 0. The minimum Gasteiger partial charge on any atom is -0.431 e. The van der Waals surface area contributed by atoms with E-state index in [-0.39, 0.29) is 5.54 Å². The van der Waals surface area contributed by atoms with Gasteiger partial charge in [0.15, 0.2) is 6.73 Å². The van der Waals surface area contributed by atoms with Crippen LogP contribution in [0.4, 0.5) is 0 Å². The van der Waals surface area contributed by atoms with Crippen LogP contribution < -0.4 is 5.32 Å². The number of nitrogens with one attached hydrogen (secondary N) is 1. The molecular weight excluding hydrogens is 174 g/mol. The molecule has 0 bridgehead atoms. The largest absolute Gasteiger partial charge is 0.431 e. The van der Waals surface area contributed by atoms with E-state index in [2.05, 4.69) is 38.1 Å². The molecule has 14 heavy (non-hydrogen) atoms. The van der Waals surface area contributed by atoms with Crippen molar-refractivity contribution in [2.45, 2.75) is 58.9 Å². The molecule has 2 heteroatoms. The first-order valence-electron chi connectivity index (χ1n) is 5.41. The van der Waals surface area contributed by atoms with E-state index in [4.69, 9.17) is 4.74 Å². The van der Waals surface area contributed by atoms with E-state index >= 15 is 0 Å². The van der Waals surface area contributed by atoms with Gasteiger partial charge in [0.25, 0.3) is 0 Å². The lowest BCUT2D eigenvalue weighted by Crippen LogP contribution is -2.40. The van der Waals surface area contributed by atoms with Gasteiger partial charge in [-0.05, 0) is 20.3 Å². The molecule has 0 saturated carbocycles. The Balaban J connectivity index is 3.53. The zero-order chi connectivity index (χ0) is 10.9. The predicted octanol–water partition coefficient (Wildman–Crippen LogP) is 2.89. The monoisotopic (exact) mass is 197 g/mol. The third-order valence-corrected chi connectivity index (χ3v) is 2.20. The lowest BCUT2D eigenvalue weighted by molar-refractivity contribution is 0.193. The molecule has 0 aromatic rings. The van der Waals surface area contributed by atoms with Gasteiger partial charge in [-0.1, -0.05) is 32.1 Å². The van der Waals surface area contributed by atoms with Gasteiger partial charge in [0.2, 0.25) is 0 Å². The maximum absolute atomic E-state index is 5.05. The Morgan fingerprint density at radius 2 is 2.00 bits per heavy atom. The lowest BCUT2D eigenvalue weighted by Gasteiger charge is -2.25. The van der Waals surface area contributed by atoms with Gasteiger partial charge in [0.1, 0.15) is 6.11 Å². The summed E-state index contributed by atoms with van der Waals surface area (Å²) in [6, 6.07) is 0. The minimum atomic E-state index is 0.157. The smallest absolute Gasteiger partial charge is 0.151 e. The molecular formula is C12H23NO. The Morgan fingerprint density at radius 1 is 1.29 bits per heavy atom. The molecule has 0 aromatic heterocycles. The molecule has 0 aliphatic heterocycles. The summed E-state index contributed by atoms with van der Waals surface area (Å²) in [4.78, 5) is 0. The highest BCUT2D eigenvalue weighted by molar-refractivity contribution is 4.85. The van der Waals surface area contributed by atoms with Crippen LogP contribution >= 0.6 is 0 Å². The van der Waals surface area contributed by atoms with E-state index in [1.165, 1.54) is 25.7 Å². The average molecular weight is 197 g/mol. The number of unbranched alkanes of at least 4 members (excludes halogenated alkanes) is 2. The molecule has 2 nitrogen and oxygen atoms in total. The van der Waals surface area contributed by atoms with E-state index in [1.54, 1.807) is 6.92 Å². The molecule has 82 valence electrons. The second kappa shape index (κ2) is 7.70. The van der Waals surface area contributed by atoms with Crippen LogP contribution in [0.2, 0.25) is 0 Å². The molecule has 1 N–H and O–H groups in total. The predicted molar refractivity (Wildman–Crippen MR) is 60.8 cm³/mol. The Hall–Kier alpha value is -0.680. The van der Waals surface area contributed by atoms with Crippen molar-refractivity contribution in [3.63, 3.8) is 0 Å².